The van der Waals surface area contributed by atoms with Gasteiger partial charge in [0.1, 0.15) is 15.9 Å². The number of sulfone groups is 1. The largest absolute Gasteiger partial charge is 0.377 e. The molecule has 2 aromatic carbocycles. The number of hydrogen-bond donors (Lipinski definition) is 0. The number of benzene rings is 2. The van der Waals surface area contributed by atoms with Crippen LogP contribution in [0.2, 0.25) is 0 Å². The van der Waals surface area contributed by atoms with Crippen molar-refractivity contribution in [3.8, 4) is 5.69 Å². The van der Waals surface area contributed by atoms with Crippen molar-refractivity contribution in [2.45, 2.75) is 4.90 Å². The minimum Gasteiger partial charge on any atom is -0.377 e. The number of rotatable bonds is 3. The normalized spacial score (nSPS) is 11.8. The topological polar surface area (TPSA) is 68.1 Å². The van der Waals surface area contributed by atoms with Crippen LogP contribution in [0.15, 0.2) is 47.4 Å². The van der Waals surface area contributed by atoms with Crippen molar-refractivity contribution in [1.29, 1.82) is 0 Å². The Morgan fingerprint density at radius 1 is 1.05 bits per heavy atom. The van der Waals surface area contributed by atoms with Crippen LogP contribution in [0.4, 0.5) is 5.69 Å². The highest BCUT2D eigenvalue weighted by atomic mass is 32.2. The maximum Gasteiger partial charge on any atom is 0.179 e. The van der Waals surface area contributed by atoms with Crippen molar-refractivity contribution in [2.75, 3.05) is 25.3 Å². The van der Waals surface area contributed by atoms with Crippen molar-refractivity contribution in [3.05, 3.63) is 42.5 Å². The molecule has 22 heavy (non-hydrogen) atoms. The summed E-state index contributed by atoms with van der Waals surface area (Å²) in [5.74, 6) is 0. The first-order chi connectivity index (χ1) is 10.4. The van der Waals surface area contributed by atoms with Gasteiger partial charge in [-0.2, -0.15) is 0 Å². The summed E-state index contributed by atoms with van der Waals surface area (Å²) in [6.07, 6.45) is 1.21. The van der Waals surface area contributed by atoms with E-state index in [1.54, 1.807) is 21.7 Å². The van der Waals surface area contributed by atoms with Crippen LogP contribution in [-0.4, -0.2) is 43.8 Å². The van der Waals surface area contributed by atoms with Crippen molar-refractivity contribution >= 4 is 26.6 Å². The Labute approximate surface area is 128 Å². The minimum absolute atomic E-state index is 0.240. The third-order valence-electron chi connectivity index (χ3n) is 3.40. The Bertz CT molecular complexity index is 931. The van der Waals surface area contributed by atoms with Crippen molar-refractivity contribution in [3.63, 3.8) is 0 Å². The summed E-state index contributed by atoms with van der Waals surface area (Å²) < 4.78 is 26.3. The summed E-state index contributed by atoms with van der Waals surface area (Å²) in [6, 6.07) is 12.9. The van der Waals surface area contributed by atoms with Crippen LogP contribution in [0.25, 0.3) is 16.7 Å². The molecule has 0 radical (unpaired) electrons. The Morgan fingerprint density at radius 3 is 2.32 bits per heavy atom. The zero-order chi connectivity index (χ0) is 15.9. The second-order valence-electron chi connectivity index (χ2n) is 5.28. The van der Waals surface area contributed by atoms with Gasteiger partial charge in [-0.15, -0.1) is 5.10 Å². The first kappa shape index (κ1) is 14.5. The molecule has 0 bridgehead atoms. The molecular formula is C15H16N4O2S. The molecule has 0 saturated heterocycles. The first-order valence-corrected chi connectivity index (χ1v) is 8.60. The quantitative estimate of drug-likeness (QED) is 0.738. The van der Waals surface area contributed by atoms with Crippen LogP contribution in [0.1, 0.15) is 0 Å². The Morgan fingerprint density at radius 2 is 1.73 bits per heavy atom. The van der Waals surface area contributed by atoms with E-state index in [0.29, 0.717) is 16.7 Å². The second kappa shape index (κ2) is 5.10. The van der Waals surface area contributed by atoms with Gasteiger partial charge in [0.05, 0.1) is 11.4 Å². The van der Waals surface area contributed by atoms with E-state index in [2.05, 4.69) is 10.3 Å². The molecule has 3 rings (SSSR count). The van der Waals surface area contributed by atoms with Crippen LogP contribution in [0.3, 0.4) is 0 Å². The Hall–Kier alpha value is -2.41. The molecule has 6 nitrogen and oxygen atoms in total. The standard InChI is InChI=1S/C15H16N4O2S/c1-18(2)13-10-9-12-14(15(13)22(3,20)21)19(17-16-12)11-7-5-4-6-8-11/h4-10H,1-3H3. The SMILES string of the molecule is CN(C)c1ccc2nnn(-c3ccccc3)c2c1S(C)(=O)=O. The van der Waals surface area contributed by atoms with Gasteiger partial charge in [0, 0.05) is 20.4 Å². The second-order valence-corrected chi connectivity index (χ2v) is 7.24. The predicted molar refractivity (Wildman–Crippen MR) is 86.3 cm³/mol. The van der Waals surface area contributed by atoms with Crippen molar-refractivity contribution < 1.29 is 8.42 Å². The van der Waals surface area contributed by atoms with E-state index in [4.69, 9.17) is 0 Å². The lowest BCUT2D eigenvalue weighted by atomic mass is 10.2. The third-order valence-corrected chi connectivity index (χ3v) is 4.54. The molecule has 0 aliphatic heterocycles. The van der Waals surface area contributed by atoms with Crippen LogP contribution < -0.4 is 4.90 Å². The van der Waals surface area contributed by atoms with Gasteiger partial charge >= 0.3 is 0 Å². The van der Waals surface area contributed by atoms with Gasteiger partial charge in [-0.05, 0) is 24.3 Å². The summed E-state index contributed by atoms with van der Waals surface area (Å²) in [5.41, 5.74) is 2.44. The molecule has 0 aliphatic rings. The number of aromatic nitrogens is 3. The summed E-state index contributed by atoms with van der Waals surface area (Å²) in [4.78, 5) is 2.02. The van der Waals surface area contributed by atoms with Crippen LogP contribution in [0, 0.1) is 0 Å². The maximum absolute atomic E-state index is 12.4. The molecular weight excluding hydrogens is 300 g/mol. The molecule has 0 aliphatic carbocycles. The monoisotopic (exact) mass is 316 g/mol. The molecule has 3 aromatic rings. The van der Waals surface area contributed by atoms with Crippen LogP contribution in [0.5, 0.6) is 0 Å². The highest BCUT2D eigenvalue weighted by molar-refractivity contribution is 7.91. The molecule has 7 heteroatoms. The number of anilines is 1. The average molecular weight is 316 g/mol. The lowest BCUT2D eigenvalue weighted by Crippen LogP contribution is -2.14. The molecule has 1 aromatic heterocycles. The first-order valence-electron chi connectivity index (χ1n) is 6.71. The summed E-state index contributed by atoms with van der Waals surface area (Å²) in [5, 5.41) is 8.22. The van der Waals surface area contributed by atoms with Crippen molar-refractivity contribution in [2.24, 2.45) is 0 Å². The van der Waals surface area contributed by atoms with Gasteiger partial charge in [-0.3, -0.25) is 0 Å². The van der Waals surface area contributed by atoms with Crippen molar-refractivity contribution in [1.82, 2.24) is 15.0 Å². The van der Waals surface area contributed by atoms with Gasteiger partial charge in [0.2, 0.25) is 0 Å². The van der Waals surface area contributed by atoms with Gasteiger partial charge in [0.15, 0.2) is 9.84 Å². The highest BCUT2D eigenvalue weighted by Gasteiger charge is 2.23. The molecule has 0 saturated carbocycles. The lowest BCUT2D eigenvalue weighted by molar-refractivity contribution is 0.602. The van der Waals surface area contributed by atoms with Crippen LogP contribution >= 0.6 is 0 Å². The fraction of sp³-hybridized carbons (Fsp3) is 0.200. The van der Waals surface area contributed by atoms with E-state index >= 15 is 0 Å². The Balaban J connectivity index is 2.46. The molecule has 114 valence electrons. The molecule has 0 fully saturated rings. The molecule has 0 N–H and O–H groups in total. The van der Waals surface area contributed by atoms with E-state index in [1.165, 1.54) is 6.26 Å². The molecule has 0 atom stereocenters. The number of para-hydroxylation sites is 1. The predicted octanol–water partition coefficient (Wildman–Crippen LogP) is 1.89. The average Bonchev–Trinajstić information content (AvgIpc) is 2.89. The van der Waals surface area contributed by atoms with E-state index < -0.39 is 9.84 Å². The molecule has 0 unspecified atom stereocenters. The molecule has 0 spiro atoms. The zero-order valence-corrected chi connectivity index (χ0v) is 13.4. The fourth-order valence-corrected chi connectivity index (χ4v) is 3.61. The number of nitrogens with zero attached hydrogens (tertiary/aromatic N) is 4. The minimum atomic E-state index is -3.45. The van der Waals surface area contributed by atoms with Gasteiger partial charge in [0.25, 0.3) is 0 Å². The third kappa shape index (κ3) is 2.33. The summed E-state index contributed by atoms with van der Waals surface area (Å²) >= 11 is 0. The van der Waals surface area contributed by atoms with E-state index in [0.717, 1.165) is 5.69 Å². The van der Waals surface area contributed by atoms with E-state index in [-0.39, 0.29) is 4.90 Å². The molecule has 1 heterocycles. The zero-order valence-electron chi connectivity index (χ0n) is 12.6. The lowest BCUT2D eigenvalue weighted by Gasteiger charge is -2.17. The van der Waals surface area contributed by atoms with Gasteiger partial charge in [-0.25, -0.2) is 13.1 Å². The highest BCUT2D eigenvalue weighted by Crippen LogP contribution is 2.32. The molecule has 0 amide bonds. The fourth-order valence-electron chi connectivity index (χ4n) is 2.44. The summed E-state index contributed by atoms with van der Waals surface area (Å²) in [7, 11) is 0.176. The Kier molecular flexibility index (Phi) is 3.37. The smallest absolute Gasteiger partial charge is 0.179 e. The number of fused-ring (bicyclic) bond motifs is 1. The van der Waals surface area contributed by atoms with E-state index in [1.807, 2.05) is 44.4 Å². The maximum atomic E-state index is 12.4. The van der Waals surface area contributed by atoms with E-state index in [9.17, 15) is 8.42 Å². The van der Waals surface area contributed by atoms with Gasteiger partial charge < -0.3 is 4.90 Å². The number of hydrogen-bond acceptors (Lipinski definition) is 5. The van der Waals surface area contributed by atoms with Gasteiger partial charge in [-0.1, -0.05) is 23.4 Å². The van der Waals surface area contributed by atoms with Crippen LogP contribution in [-0.2, 0) is 9.84 Å². The summed E-state index contributed by atoms with van der Waals surface area (Å²) in [6.45, 7) is 0.